The van der Waals surface area contributed by atoms with Crippen LogP contribution in [0.1, 0.15) is 47.2 Å². The van der Waals surface area contributed by atoms with E-state index in [1.165, 1.54) is 86.9 Å². The van der Waals surface area contributed by atoms with Crippen LogP contribution in [-0.4, -0.2) is 0 Å². The van der Waals surface area contributed by atoms with Gasteiger partial charge >= 0.3 is 0 Å². The smallest absolute Gasteiger partial charge is 0.135 e. The van der Waals surface area contributed by atoms with Crippen LogP contribution in [0.3, 0.4) is 0 Å². The fourth-order valence-corrected chi connectivity index (χ4v) is 12.9. The standard InChI is InChI=1S/C58H37NOS/c1-57(2)44-19-8-3-14-36(44)38-28-26-35(33-48(38)57)59(34-27-30-51-43(32-34)39-16-6-11-24-50(39)60-51)49-23-13-22-47-54(49)41-17-5-10-21-46(41)58(47)45-20-9-4-15-37(45)40-29-31-53-55(56(40)58)42-18-7-12-25-52(42)61-53/h3-33H,1-2H3. The molecule has 9 aromatic carbocycles. The van der Waals surface area contributed by atoms with E-state index >= 15 is 0 Å². The minimum Gasteiger partial charge on any atom is -0.456 e. The summed E-state index contributed by atoms with van der Waals surface area (Å²) in [5.41, 5.74) is 20.5. The molecule has 0 bridgehead atoms. The number of thiophene rings is 1. The number of fused-ring (bicyclic) bond motifs is 20. The van der Waals surface area contributed by atoms with Gasteiger partial charge in [0.1, 0.15) is 11.2 Å². The predicted octanol–water partition coefficient (Wildman–Crippen LogP) is 16.1. The largest absolute Gasteiger partial charge is 0.456 e. The van der Waals surface area contributed by atoms with E-state index in [1.54, 1.807) is 0 Å². The molecule has 286 valence electrons. The van der Waals surface area contributed by atoms with Gasteiger partial charge in [-0.3, -0.25) is 0 Å². The molecule has 1 spiro atoms. The lowest BCUT2D eigenvalue weighted by Gasteiger charge is -2.32. The third-order valence-corrected chi connectivity index (χ3v) is 15.4. The molecule has 14 rings (SSSR count). The summed E-state index contributed by atoms with van der Waals surface area (Å²) in [5.74, 6) is 0. The first-order valence-corrected chi connectivity index (χ1v) is 22.1. The second kappa shape index (κ2) is 11.8. The van der Waals surface area contributed by atoms with Gasteiger partial charge in [-0.05, 0) is 116 Å². The molecule has 1 unspecified atom stereocenters. The average molecular weight is 796 g/mol. The van der Waals surface area contributed by atoms with Gasteiger partial charge in [-0.15, -0.1) is 11.3 Å². The molecule has 3 aliphatic rings. The van der Waals surface area contributed by atoms with Crippen LogP contribution in [0.25, 0.3) is 75.5 Å². The van der Waals surface area contributed by atoms with E-state index < -0.39 is 5.41 Å². The van der Waals surface area contributed by atoms with Gasteiger partial charge in [-0.25, -0.2) is 0 Å². The van der Waals surface area contributed by atoms with Crippen molar-refractivity contribution in [3.05, 3.63) is 221 Å². The predicted molar refractivity (Wildman–Crippen MR) is 255 cm³/mol. The van der Waals surface area contributed by atoms with E-state index in [0.717, 1.165) is 39.0 Å². The normalized spacial score (nSPS) is 16.2. The second-order valence-corrected chi connectivity index (χ2v) is 18.6. The number of rotatable bonds is 3. The molecule has 0 N–H and O–H groups in total. The fraction of sp³-hybridized carbons (Fsp3) is 0.0690. The highest BCUT2D eigenvalue weighted by atomic mass is 32.1. The number of benzene rings is 9. The molecule has 0 saturated carbocycles. The molecule has 0 radical (unpaired) electrons. The molecular formula is C58H37NOS. The van der Waals surface area contributed by atoms with E-state index in [-0.39, 0.29) is 5.41 Å². The zero-order valence-electron chi connectivity index (χ0n) is 33.7. The maximum absolute atomic E-state index is 6.41. The highest BCUT2D eigenvalue weighted by Crippen LogP contribution is 2.67. The van der Waals surface area contributed by atoms with Crippen LogP contribution in [0.4, 0.5) is 17.1 Å². The number of furan rings is 1. The minimum absolute atomic E-state index is 0.153. The van der Waals surface area contributed by atoms with E-state index in [9.17, 15) is 0 Å². The summed E-state index contributed by atoms with van der Waals surface area (Å²) < 4.78 is 9.07. The number of hydrogen-bond donors (Lipinski definition) is 0. The Labute approximate surface area is 357 Å². The van der Waals surface area contributed by atoms with Gasteiger partial charge in [0.2, 0.25) is 0 Å². The van der Waals surface area contributed by atoms with Gasteiger partial charge in [0.05, 0.1) is 11.1 Å². The van der Waals surface area contributed by atoms with Crippen molar-refractivity contribution in [2.75, 3.05) is 4.90 Å². The number of hydrogen-bond acceptors (Lipinski definition) is 3. The quantitative estimate of drug-likeness (QED) is 0.177. The molecule has 1 atom stereocenters. The lowest BCUT2D eigenvalue weighted by atomic mass is 9.69. The lowest BCUT2D eigenvalue weighted by molar-refractivity contribution is 0.660. The molecule has 0 amide bonds. The average Bonchev–Trinajstić information content (AvgIpc) is 4.08. The Morgan fingerprint density at radius 1 is 0.426 bits per heavy atom. The molecule has 61 heavy (non-hydrogen) atoms. The second-order valence-electron chi connectivity index (χ2n) is 17.5. The van der Waals surface area contributed by atoms with Gasteiger partial charge in [0, 0.05) is 53.3 Å². The lowest BCUT2D eigenvalue weighted by Crippen LogP contribution is -2.26. The van der Waals surface area contributed by atoms with Crippen molar-refractivity contribution >= 4 is 70.5 Å². The molecule has 2 heterocycles. The highest BCUT2D eigenvalue weighted by Gasteiger charge is 2.53. The van der Waals surface area contributed by atoms with E-state index in [4.69, 9.17) is 4.42 Å². The van der Waals surface area contributed by atoms with Crippen molar-refractivity contribution in [3.63, 3.8) is 0 Å². The summed E-state index contributed by atoms with van der Waals surface area (Å²) in [5, 5.41) is 4.94. The number of para-hydroxylation sites is 1. The fourth-order valence-electron chi connectivity index (χ4n) is 11.8. The van der Waals surface area contributed by atoms with Crippen LogP contribution in [0.5, 0.6) is 0 Å². The maximum Gasteiger partial charge on any atom is 0.135 e. The molecule has 0 aliphatic heterocycles. The SMILES string of the molecule is CC1(C)c2ccccc2-c2ccc(N(c3ccc4oc5ccccc5c4c3)c3cccc4c3-c3ccccc3C43c4ccccc4-c4ccc5sc6ccccc6c5c43)cc21. The third kappa shape index (κ3) is 4.17. The molecule has 2 aromatic heterocycles. The van der Waals surface area contributed by atoms with E-state index in [0.29, 0.717) is 0 Å². The molecule has 0 saturated heterocycles. The molecule has 0 fully saturated rings. The molecular weight excluding hydrogens is 759 g/mol. The molecule has 3 heteroatoms. The van der Waals surface area contributed by atoms with Gasteiger partial charge < -0.3 is 9.32 Å². The molecule has 11 aromatic rings. The van der Waals surface area contributed by atoms with Crippen LogP contribution in [0.15, 0.2) is 192 Å². The van der Waals surface area contributed by atoms with Crippen molar-refractivity contribution in [3.8, 4) is 33.4 Å². The van der Waals surface area contributed by atoms with E-state index in [2.05, 4.69) is 207 Å². The van der Waals surface area contributed by atoms with Gasteiger partial charge in [-0.1, -0.05) is 147 Å². The zero-order chi connectivity index (χ0) is 40.2. The first-order chi connectivity index (χ1) is 30.0. The topological polar surface area (TPSA) is 16.4 Å². The zero-order valence-corrected chi connectivity index (χ0v) is 34.5. The Hall–Kier alpha value is -7.20. The minimum atomic E-state index is -0.519. The van der Waals surface area contributed by atoms with Crippen LogP contribution in [-0.2, 0) is 10.8 Å². The van der Waals surface area contributed by atoms with Crippen molar-refractivity contribution in [2.24, 2.45) is 0 Å². The monoisotopic (exact) mass is 795 g/mol. The summed E-state index contributed by atoms with van der Waals surface area (Å²) in [6.45, 7) is 4.75. The number of anilines is 3. The van der Waals surface area contributed by atoms with Gasteiger partial charge in [-0.2, -0.15) is 0 Å². The summed E-state index contributed by atoms with van der Waals surface area (Å²) >= 11 is 1.91. The highest BCUT2D eigenvalue weighted by molar-refractivity contribution is 7.25. The van der Waals surface area contributed by atoms with Crippen molar-refractivity contribution in [2.45, 2.75) is 24.7 Å². The maximum atomic E-state index is 6.41. The van der Waals surface area contributed by atoms with Gasteiger partial charge in [0.15, 0.2) is 0 Å². The van der Waals surface area contributed by atoms with Crippen molar-refractivity contribution in [1.82, 2.24) is 0 Å². The Balaban J connectivity index is 1.10. The Kier molecular flexibility index (Phi) is 6.48. The van der Waals surface area contributed by atoms with Crippen LogP contribution in [0.2, 0.25) is 0 Å². The first-order valence-electron chi connectivity index (χ1n) is 21.3. The summed E-state index contributed by atoms with van der Waals surface area (Å²) in [4.78, 5) is 2.53. The Morgan fingerprint density at radius 3 is 1.89 bits per heavy atom. The molecule has 2 nitrogen and oxygen atoms in total. The third-order valence-electron chi connectivity index (χ3n) is 14.3. The Bertz CT molecular complexity index is 3710. The van der Waals surface area contributed by atoms with Crippen LogP contribution in [0, 0.1) is 0 Å². The first kappa shape index (κ1) is 33.6. The van der Waals surface area contributed by atoms with Gasteiger partial charge in [0.25, 0.3) is 0 Å². The van der Waals surface area contributed by atoms with Crippen LogP contribution >= 0.6 is 11.3 Å². The summed E-state index contributed by atoms with van der Waals surface area (Å²) in [6.07, 6.45) is 0. The van der Waals surface area contributed by atoms with Crippen LogP contribution < -0.4 is 4.90 Å². The van der Waals surface area contributed by atoms with E-state index in [1.807, 2.05) is 11.3 Å². The summed E-state index contributed by atoms with van der Waals surface area (Å²) in [7, 11) is 0. The number of nitrogens with zero attached hydrogens (tertiary/aromatic N) is 1. The van der Waals surface area contributed by atoms with Crippen molar-refractivity contribution < 1.29 is 4.42 Å². The van der Waals surface area contributed by atoms with Crippen molar-refractivity contribution in [1.29, 1.82) is 0 Å². The summed E-state index contributed by atoms with van der Waals surface area (Å²) in [6, 6.07) is 70.5. The molecule has 3 aliphatic carbocycles. The Morgan fingerprint density at radius 2 is 1.03 bits per heavy atom.